The summed E-state index contributed by atoms with van der Waals surface area (Å²) < 4.78 is 5.19. The summed E-state index contributed by atoms with van der Waals surface area (Å²) in [5, 5.41) is 20.2. The van der Waals surface area contributed by atoms with Crippen molar-refractivity contribution in [2.75, 3.05) is 7.11 Å². The molecule has 2 heterocycles. The Kier molecular flexibility index (Phi) is 3.48. The number of halogens is 2. The fraction of sp³-hybridized carbons (Fsp3) is 0.0588. The van der Waals surface area contributed by atoms with Crippen LogP contribution in [-0.4, -0.2) is 17.2 Å². The van der Waals surface area contributed by atoms with E-state index in [9.17, 15) is 5.11 Å². The number of rotatable bonds is 2. The Morgan fingerprint density at radius 3 is 2.71 bits per heavy atom. The molecule has 0 aliphatic carbocycles. The number of methoxy groups -OCH3 is 1. The Morgan fingerprint density at radius 2 is 1.92 bits per heavy atom. The second kappa shape index (κ2) is 5.54. The maximum absolute atomic E-state index is 10.3. The van der Waals surface area contributed by atoms with Gasteiger partial charge in [-0.25, -0.2) is 0 Å². The van der Waals surface area contributed by atoms with Gasteiger partial charge in [-0.3, -0.25) is 0 Å². The third-order valence-corrected chi connectivity index (χ3v) is 4.53. The molecular formula is C17H11Cl2N3O2. The highest BCUT2D eigenvalue weighted by atomic mass is 35.5. The van der Waals surface area contributed by atoms with E-state index in [1.54, 1.807) is 31.4 Å². The van der Waals surface area contributed by atoms with E-state index in [0.717, 1.165) is 5.56 Å². The Bertz CT molecular complexity index is 1040. The molecule has 0 saturated carbocycles. The van der Waals surface area contributed by atoms with Gasteiger partial charge in [-0.2, -0.15) is 0 Å². The third-order valence-electron chi connectivity index (χ3n) is 3.90. The van der Waals surface area contributed by atoms with Crippen LogP contribution in [0.15, 0.2) is 40.6 Å². The molecule has 24 heavy (non-hydrogen) atoms. The molecule has 2 N–H and O–H groups in total. The zero-order valence-electron chi connectivity index (χ0n) is 12.5. The second-order valence-corrected chi connectivity index (χ2v) is 6.09. The van der Waals surface area contributed by atoms with Crippen LogP contribution in [-0.2, 0) is 0 Å². The molecule has 3 aromatic rings. The molecule has 1 aliphatic rings. The Labute approximate surface area is 147 Å². The summed E-state index contributed by atoms with van der Waals surface area (Å²) in [6.07, 6.45) is 1.73. The van der Waals surface area contributed by atoms with Gasteiger partial charge in [0.05, 0.1) is 34.1 Å². The van der Waals surface area contributed by atoms with E-state index in [-0.39, 0.29) is 5.88 Å². The topological polar surface area (TPSA) is 70.0 Å². The quantitative estimate of drug-likeness (QED) is 0.608. The summed E-state index contributed by atoms with van der Waals surface area (Å²) in [6.45, 7) is 0. The molecule has 7 heteroatoms. The van der Waals surface area contributed by atoms with E-state index in [4.69, 9.17) is 27.9 Å². The van der Waals surface area contributed by atoms with Crippen LogP contribution in [0.3, 0.4) is 0 Å². The number of azo groups is 1. The highest BCUT2D eigenvalue weighted by molar-refractivity contribution is 6.40. The molecule has 0 radical (unpaired) electrons. The molecule has 0 spiro atoms. The van der Waals surface area contributed by atoms with E-state index in [1.165, 1.54) is 0 Å². The molecule has 0 amide bonds. The van der Waals surface area contributed by atoms with E-state index in [1.807, 2.05) is 12.1 Å². The lowest BCUT2D eigenvalue weighted by Crippen LogP contribution is -1.83. The van der Waals surface area contributed by atoms with Gasteiger partial charge in [0.2, 0.25) is 0 Å². The first-order valence-corrected chi connectivity index (χ1v) is 7.84. The Morgan fingerprint density at radius 1 is 1.12 bits per heavy atom. The summed E-state index contributed by atoms with van der Waals surface area (Å²) in [7, 11) is 1.60. The van der Waals surface area contributed by atoms with E-state index in [0.29, 0.717) is 43.6 Å². The van der Waals surface area contributed by atoms with Crippen LogP contribution >= 0.6 is 23.2 Å². The van der Waals surface area contributed by atoms with Crippen molar-refractivity contribution < 1.29 is 9.84 Å². The molecule has 120 valence electrons. The van der Waals surface area contributed by atoms with Crippen LogP contribution in [0.2, 0.25) is 10.0 Å². The van der Waals surface area contributed by atoms with Gasteiger partial charge in [0.1, 0.15) is 5.75 Å². The highest BCUT2D eigenvalue weighted by Gasteiger charge is 2.19. The van der Waals surface area contributed by atoms with Gasteiger partial charge in [0, 0.05) is 22.6 Å². The predicted molar refractivity (Wildman–Crippen MR) is 95.4 cm³/mol. The van der Waals surface area contributed by atoms with Gasteiger partial charge in [-0.15, -0.1) is 10.2 Å². The lowest BCUT2D eigenvalue weighted by Gasteiger charge is -2.02. The predicted octanol–water partition coefficient (Wildman–Crippen LogP) is 5.78. The summed E-state index contributed by atoms with van der Waals surface area (Å²) in [6, 6.07) is 8.88. The maximum atomic E-state index is 10.3. The van der Waals surface area contributed by atoms with Crippen LogP contribution in [0.25, 0.3) is 22.7 Å². The Hall–Kier alpha value is -2.50. The first kappa shape index (κ1) is 15.1. The number of benzene rings is 2. The monoisotopic (exact) mass is 359 g/mol. The van der Waals surface area contributed by atoms with Gasteiger partial charge < -0.3 is 14.8 Å². The van der Waals surface area contributed by atoms with Crippen LogP contribution in [0.4, 0.5) is 5.69 Å². The number of fused-ring (bicyclic) bond motifs is 2. The van der Waals surface area contributed by atoms with Crippen molar-refractivity contribution in [1.82, 2.24) is 4.98 Å². The molecule has 0 saturated heterocycles. The summed E-state index contributed by atoms with van der Waals surface area (Å²) in [5.41, 5.74) is 3.29. The molecule has 5 nitrogen and oxygen atoms in total. The van der Waals surface area contributed by atoms with Crippen molar-refractivity contribution in [2.24, 2.45) is 10.2 Å². The summed E-state index contributed by atoms with van der Waals surface area (Å²) in [5.74, 6) is 0.684. The zero-order valence-corrected chi connectivity index (χ0v) is 14.0. The number of aromatic nitrogens is 1. The minimum atomic E-state index is -0.0235. The lowest BCUT2D eigenvalue weighted by molar-refractivity contribution is 0.415. The van der Waals surface area contributed by atoms with Gasteiger partial charge in [0.15, 0.2) is 5.88 Å². The number of ether oxygens (including phenoxy) is 1. The average Bonchev–Trinajstić information content (AvgIpc) is 3.13. The number of H-pyrrole nitrogens is 1. The van der Waals surface area contributed by atoms with Crippen LogP contribution in [0.1, 0.15) is 11.1 Å². The second-order valence-electron chi connectivity index (χ2n) is 5.28. The zero-order chi connectivity index (χ0) is 16.8. The Balaban J connectivity index is 1.90. The normalized spacial score (nSPS) is 14.5. The molecule has 1 aliphatic heterocycles. The number of hydrogen-bond donors (Lipinski definition) is 2. The first-order valence-electron chi connectivity index (χ1n) is 7.09. The first-order chi connectivity index (χ1) is 11.6. The van der Waals surface area contributed by atoms with Crippen LogP contribution in [0.5, 0.6) is 11.6 Å². The number of aromatic hydroxyl groups is 1. The molecule has 0 fully saturated rings. The minimum absolute atomic E-state index is 0.0235. The molecule has 0 bridgehead atoms. The average molecular weight is 360 g/mol. The maximum Gasteiger partial charge on any atom is 0.197 e. The van der Waals surface area contributed by atoms with Gasteiger partial charge in [0.25, 0.3) is 0 Å². The smallest absolute Gasteiger partial charge is 0.197 e. The lowest BCUT2D eigenvalue weighted by atomic mass is 10.1. The van der Waals surface area contributed by atoms with Crippen molar-refractivity contribution in [3.05, 3.63) is 51.5 Å². The number of aromatic amines is 1. The largest absolute Gasteiger partial charge is 0.497 e. The van der Waals surface area contributed by atoms with Gasteiger partial charge in [-0.1, -0.05) is 23.2 Å². The van der Waals surface area contributed by atoms with Gasteiger partial charge >= 0.3 is 0 Å². The number of hydrogen-bond acceptors (Lipinski definition) is 4. The van der Waals surface area contributed by atoms with Crippen LogP contribution < -0.4 is 4.74 Å². The molecule has 0 unspecified atom stereocenters. The van der Waals surface area contributed by atoms with E-state index >= 15 is 0 Å². The number of nitrogens with zero attached hydrogens (tertiary/aromatic N) is 2. The third kappa shape index (κ3) is 2.25. The minimum Gasteiger partial charge on any atom is -0.497 e. The van der Waals surface area contributed by atoms with Crippen molar-refractivity contribution >= 4 is 51.6 Å². The summed E-state index contributed by atoms with van der Waals surface area (Å²) >= 11 is 12.5. The van der Waals surface area contributed by atoms with E-state index in [2.05, 4.69) is 15.2 Å². The highest BCUT2D eigenvalue weighted by Crippen LogP contribution is 2.42. The molecular weight excluding hydrogens is 349 g/mol. The molecule has 0 atom stereocenters. The fourth-order valence-corrected chi connectivity index (χ4v) is 3.19. The van der Waals surface area contributed by atoms with Crippen molar-refractivity contribution in [1.29, 1.82) is 0 Å². The van der Waals surface area contributed by atoms with E-state index < -0.39 is 0 Å². The fourth-order valence-electron chi connectivity index (χ4n) is 2.72. The van der Waals surface area contributed by atoms with Crippen LogP contribution in [0, 0.1) is 0 Å². The summed E-state index contributed by atoms with van der Waals surface area (Å²) in [4.78, 5) is 2.85. The van der Waals surface area contributed by atoms with Crippen molar-refractivity contribution in [3.63, 3.8) is 0 Å². The van der Waals surface area contributed by atoms with Crippen molar-refractivity contribution in [3.8, 4) is 11.6 Å². The van der Waals surface area contributed by atoms with Gasteiger partial charge in [-0.05, 0) is 30.3 Å². The van der Waals surface area contributed by atoms with Crippen molar-refractivity contribution in [2.45, 2.75) is 0 Å². The number of nitrogens with one attached hydrogen (secondary N) is 1. The molecule has 2 aromatic carbocycles. The molecule has 4 rings (SSSR count). The SMILES string of the molecule is COc1ccc2c(c1)N=NC2=Cc1c(O)[nH]c2c(Cl)ccc(Cl)c12. The standard InChI is InChI=1S/C17H11Cl2N3O2/c1-24-8-2-3-9-13(6-8)21-22-14(9)7-10-15-11(18)4-5-12(19)16(15)20-17(10)23/h2-7,20,23H,1H3. The molecule has 1 aromatic heterocycles.